The van der Waals surface area contributed by atoms with Gasteiger partial charge in [0, 0.05) is 31.9 Å². The molecule has 1 fully saturated rings. The number of urea groups is 1. The summed E-state index contributed by atoms with van der Waals surface area (Å²) in [6.45, 7) is 3.67. The van der Waals surface area contributed by atoms with Gasteiger partial charge in [0.2, 0.25) is 0 Å². The lowest BCUT2D eigenvalue weighted by molar-refractivity contribution is 0.142. The molecule has 156 valence electrons. The number of hydrogen-bond acceptors (Lipinski definition) is 5. The van der Waals surface area contributed by atoms with Gasteiger partial charge in [-0.1, -0.05) is 6.07 Å². The van der Waals surface area contributed by atoms with Gasteiger partial charge in [0.25, 0.3) is 0 Å². The molecule has 0 aliphatic carbocycles. The first-order valence-electron chi connectivity index (χ1n) is 9.41. The summed E-state index contributed by atoms with van der Waals surface area (Å²) in [5, 5.41) is 24.1. The zero-order valence-electron chi connectivity index (χ0n) is 16.8. The summed E-state index contributed by atoms with van der Waals surface area (Å²) in [4.78, 5) is 26.8. The maximum Gasteiger partial charge on any atom is 0.407 e. The summed E-state index contributed by atoms with van der Waals surface area (Å²) in [7, 11) is 1.53. The van der Waals surface area contributed by atoms with Crippen molar-refractivity contribution in [3.8, 4) is 11.8 Å². The lowest BCUT2D eigenvalue weighted by Crippen LogP contribution is -2.48. The third kappa shape index (κ3) is 4.72. The number of nitriles is 1. The van der Waals surface area contributed by atoms with Crippen molar-refractivity contribution >= 4 is 29.2 Å². The van der Waals surface area contributed by atoms with Crippen LogP contribution in [0.25, 0.3) is 0 Å². The third-order valence-corrected chi connectivity index (χ3v) is 4.87. The van der Waals surface area contributed by atoms with Gasteiger partial charge in [-0.05, 0) is 42.8 Å². The molecule has 0 aromatic heterocycles. The van der Waals surface area contributed by atoms with E-state index in [-0.39, 0.29) is 0 Å². The van der Waals surface area contributed by atoms with Crippen LogP contribution >= 0.6 is 0 Å². The Morgan fingerprint density at radius 1 is 1.10 bits per heavy atom. The first kappa shape index (κ1) is 20.8. The van der Waals surface area contributed by atoms with Crippen molar-refractivity contribution in [2.45, 2.75) is 6.92 Å². The molecule has 3 rings (SSSR count). The van der Waals surface area contributed by atoms with Crippen LogP contribution in [0, 0.1) is 18.3 Å². The largest absolute Gasteiger partial charge is 0.495 e. The Morgan fingerprint density at radius 3 is 2.47 bits per heavy atom. The Labute approximate surface area is 174 Å². The summed E-state index contributed by atoms with van der Waals surface area (Å²) in [5.41, 5.74) is 3.12. The number of rotatable bonds is 4. The number of piperazine rings is 1. The van der Waals surface area contributed by atoms with E-state index in [9.17, 15) is 14.9 Å². The van der Waals surface area contributed by atoms with E-state index in [2.05, 4.69) is 16.7 Å². The molecular weight excluding hydrogens is 386 g/mol. The second kappa shape index (κ2) is 9.05. The highest BCUT2D eigenvalue weighted by Gasteiger charge is 2.22. The number of aryl methyl sites for hydroxylation is 1. The van der Waals surface area contributed by atoms with Crippen LogP contribution in [0.15, 0.2) is 36.4 Å². The second-order valence-electron chi connectivity index (χ2n) is 6.88. The number of hydrogen-bond donors (Lipinski definition) is 3. The third-order valence-electron chi connectivity index (χ3n) is 4.87. The van der Waals surface area contributed by atoms with Gasteiger partial charge >= 0.3 is 12.1 Å². The topological polar surface area (TPSA) is 118 Å². The van der Waals surface area contributed by atoms with Crippen molar-refractivity contribution < 1.29 is 19.4 Å². The lowest BCUT2D eigenvalue weighted by Gasteiger charge is -2.35. The molecule has 3 N–H and O–H groups in total. The molecule has 1 aliphatic rings. The van der Waals surface area contributed by atoms with Crippen LogP contribution in [0.3, 0.4) is 0 Å². The first-order valence-corrected chi connectivity index (χ1v) is 9.41. The summed E-state index contributed by atoms with van der Waals surface area (Å²) in [5.74, 6) is 0.546. The summed E-state index contributed by atoms with van der Waals surface area (Å²) in [6, 6.07) is 12.2. The molecular formula is C21H23N5O4. The Kier molecular flexibility index (Phi) is 6.27. The fourth-order valence-corrected chi connectivity index (χ4v) is 3.32. The lowest BCUT2D eigenvalue weighted by atomic mass is 10.1. The van der Waals surface area contributed by atoms with E-state index in [0.29, 0.717) is 54.6 Å². The highest BCUT2D eigenvalue weighted by atomic mass is 16.5. The van der Waals surface area contributed by atoms with Crippen molar-refractivity contribution in [1.82, 2.24) is 4.90 Å². The molecule has 2 aromatic rings. The molecule has 0 unspecified atom stereocenters. The van der Waals surface area contributed by atoms with Gasteiger partial charge < -0.3 is 30.3 Å². The second-order valence-corrected chi connectivity index (χ2v) is 6.88. The van der Waals surface area contributed by atoms with Crippen molar-refractivity contribution in [2.75, 3.05) is 48.8 Å². The zero-order chi connectivity index (χ0) is 21.7. The van der Waals surface area contributed by atoms with E-state index in [0.717, 1.165) is 5.56 Å². The fraction of sp³-hybridized carbons (Fsp3) is 0.286. The van der Waals surface area contributed by atoms with E-state index >= 15 is 0 Å². The molecule has 3 amide bonds. The molecule has 0 spiro atoms. The van der Waals surface area contributed by atoms with E-state index in [4.69, 9.17) is 9.84 Å². The predicted molar refractivity (Wildman–Crippen MR) is 113 cm³/mol. The highest BCUT2D eigenvalue weighted by molar-refractivity contribution is 6.01. The number of nitrogens with one attached hydrogen (secondary N) is 2. The molecule has 9 nitrogen and oxygen atoms in total. The van der Waals surface area contributed by atoms with Gasteiger partial charge in [0.15, 0.2) is 0 Å². The van der Waals surface area contributed by atoms with Crippen LogP contribution in [0.5, 0.6) is 5.75 Å². The minimum Gasteiger partial charge on any atom is -0.495 e. The van der Waals surface area contributed by atoms with Crippen LogP contribution in [-0.2, 0) is 0 Å². The van der Waals surface area contributed by atoms with E-state index in [1.54, 1.807) is 30.3 Å². The molecule has 2 aromatic carbocycles. The molecule has 0 saturated carbocycles. The normalized spacial score (nSPS) is 13.4. The van der Waals surface area contributed by atoms with Crippen LogP contribution in [0.4, 0.5) is 26.7 Å². The Bertz CT molecular complexity index is 993. The van der Waals surface area contributed by atoms with Gasteiger partial charge in [-0.2, -0.15) is 5.26 Å². The maximum absolute atomic E-state index is 12.4. The van der Waals surface area contributed by atoms with E-state index in [1.807, 2.05) is 17.9 Å². The van der Waals surface area contributed by atoms with Crippen LogP contribution in [0.2, 0.25) is 0 Å². The number of carbonyl (C=O) groups is 2. The number of carbonyl (C=O) groups excluding carboxylic acids is 1. The average Bonchev–Trinajstić information content (AvgIpc) is 2.74. The SMILES string of the molecule is COc1ccc(C)cc1NC(=O)Nc1ccc(N2CCN(C(=O)O)CC2)c(C#N)c1. The zero-order valence-corrected chi connectivity index (χ0v) is 16.8. The van der Waals surface area contributed by atoms with Crippen molar-refractivity contribution in [2.24, 2.45) is 0 Å². The van der Waals surface area contributed by atoms with E-state index in [1.165, 1.54) is 12.0 Å². The smallest absolute Gasteiger partial charge is 0.407 e. The summed E-state index contributed by atoms with van der Waals surface area (Å²) in [6.07, 6.45) is -0.939. The van der Waals surface area contributed by atoms with Crippen molar-refractivity contribution in [3.63, 3.8) is 0 Å². The number of anilines is 3. The summed E-state index contributed by atoms with van der Waals surface area (Å²) < 4.78 is 5.26. The van der Waals surface area contributed by atoms with E-state index < -0.39 is 12.1 Å². The Morgan fingerprint density at radius 2 is 1.83 bits per heavy atom. The standard InChI is InChI=1S/C21H23N5O4/c1-14-3-6-19(30-2)17(11-14)24-20(27)23-16-4-5-18(15(12-16)13-22)25-7-9-26(10-8-25)21(28)29/h3-6,11-12H,7-10H2,1-2H3,(H,28,29)(H2,23,24,27). The van der Waals surface area contributed by atoms with Crippen molar-refractivity contribution in [3.05, 3.63) is 47.5 Å². The van der Waals surface area contributed by atoms with Gasteiger partial charge in [-0.25, -0.2) is 9.59 Å². The minimum absolute atomic E-state index is 0.376. The van der Waals surface area contributed by atoms with Gasteiger partial charge in [0.05, 0.1) is 24.0 Å². The molecule has 0 atom stereocenters. The number of methoxy groups -OCH3 is 1. The molecule has 30 heavy (non-hydrogen) atoms. The van der Waals surface area contributed by atoms with Crippen LogP contribution in [-0.4, -0.2) is 55.4 Å². The number of amides is 3. The Balaban J connectivity index is 1.69. The van der Waals surface area contributed by atoms with Crippen molar-refractivity contribution in [1.29, 1.82) is 5.26 Å². The van der Waals surface area contributed by atoms with Crippen LogP contribution in [0.1, 0.15) is 11.1 Å². The molecule has 0 radical (unpaired) electrons. The molecule has 1 heterocycles. The molecule has 1 saturated heterocycles. The first-order chi connectivity index (χ1) is 14.4. The maximum atomic E-state index is 12.4. The number of ether oxygens (including phenoxy) is 1. The highest BCUT2D eigenvalue weighted by Crippen LogP contribution is 2.27. The number of carboxylic acid groups (broad SMARTS) is 1. The predicted octanol–water partition coefficient (Wildman–Crippen LogP) is 3.32. The van der Waals surface area contributed by atoms with Gasteiger partial charge in [-0.15, -0.1) is 0 Å². The Hall–Kier alpha value is -3.93. The monoisotopic (exact) mass is 409 g/mol. The van der Waals surface area contributed by atoms with Gasteiger partial charge in [-0.3, -0.25) is 0 Å². The fourth-order valence-electron chi connectivity index (χ4n) is 3.32. The number of benzene rings is 2. The van der Waals surface area contributed by atoms with Gasteiger partial charge in [0.1, 0.15) is 11.8 Å². The molecule has 0 bridgehead atoms. The summed E-state index contributed by atoms with van der Waals surface area (Å²) >= 11 is 0. The average molecular weight is 409 g/mol. The van der Waals surface area contributed by atoms with Crippen LogP contribution < -0.4 is 20.3 Å². The quantitative estimate of drug-likeness (QED) is 0.713. The molecule has 9 heteroatoms. The molecule has 1 aliphatic heterocycles. The minimum atomic E-state index is -0.939. The number of nitrogens with zero attached hydrogens (tertiary/aromatic N) is 3.